The van der Waals surface area contributed by atoms with Gasteiger partial charge >= 0.3 is 17.9 Å². The lowest BCUT2D eigenvalue weighted by atomic mass is 9.74. The molecule has 7 nitrogen and oxygen atoms in total. The molecule has 2 saturated heterocycles. The Bertz CT molecular complexity index is 736. The van der Waals surface area contributed by atoms with E-state index < -0.39 is 41.3 Å². The zero-order valence-corrected chi connectivity index (χ0v) is 16.6. The van der Waals surface area contributed by atoms with E-state index >= 15 is 0 Å². The van der Waals surface area contributed by atoms with Gasteiger partial charge in [-0.25, -0.2) is 0 Å². The van der Waals surface area contributed by atoms with Crippen molar-refractivity contribution in [3.05, 3.63) is 35.9 Å². The van der Waals surface area contributed by atoms with Crippen LogP contribution in [-0.2, 0) is 28.6 Å². The molecule has 0 bridgehead atoms. The Kier molecular flexibility index (Phi) is 6.03. The number of hydrogen-bond donors (Lipinski definition) is 0. The summed E-state index contributed by atoms with van der Waals surface area (Å²) in [5, 5.41) is 0. The van der Waals surface area contributed by atoms with Gasteiger partial charge in [0.2, 0.25) is 0 Å². The highest BCUT2D eigenvalue weighted by molar-refractivity contribution is 5.94. The molecule has 7 heteroatoms. The van der Waals surface area contributed by atoms with Crippen LogP contribution in [-0.4, -0.2) is 55.7 Å². The third-order valence-electron chi connectivity index (χ3n) is 5.97. The van der Waals surface area contributed by atoms with Crippen LogP contribution in [0.25, 0.3) is 0 Å². The van der Waals surface area contributed by atoms with Crippen molar-refractivity contribution in [3.8, 4) is 0 Å². The van der Waals surface area contributed by atoms with Crippen LogP contribution in [0, 0.1) is 11.8 Å². The van der Waals surface area contributed by atoms with E-state index in [9.17, 15) is 14.4 Å². The van der Waals surface area contributed by atoms with E-state index in [4.69, 9.17) is 14.2 Å². The molecule has 1 aromatic rings. The van der Waals surface area contributed by atoms with Gasteiger partial charge in [-0.2, -0.15) is 0 Å². The lowest BCUT2D eigenvalue weighted by Crippen LogP contribution is -2.59. The first-order valence-corrected chi connectivity index (χ1v) is 9.67. The topological polar surface area (TPSA) is 82.1 Å². The number of fused-ring (bicyclic) bond motifs is 1. The Morgan fingerprint density at radius 1 is 1.07 bits per heavy atom. The van der Waals surface area contributed by atoms with Gasteiger partial charge in [0.15, 0.2) is 0 Å². The number of carbonyl (C=O) groups excluding carboxylic acids is 3. The summed E-state index contributed by atoms with van der Waals surface area (Å²) in [6.45, 7) is 2.51. The molecule has 0 aromatic heterocycles. The first kappa shape index (κ1) is 20.3. The maximum absolute atomic E-state index is 13.2. The second-order valence-electron chi connectivity index (χ2n) is 7.20. The molecule has 0 N–H and O–H groups in total. The molecule has 3 rings (SSSR count). The normalized spacial score (nSPS) is 29.6. The van der Waals surface area contributed by atoms with Gasteiger partial charge in [0.25, 0.3) is 0 Å². The van der Waals surface area contributed by atoms with Crippen LogP contribution in [0.5, 0.6) is 0 Å². The number of ether oxygens (including phenoxy) is 3. The molecule has 0 aliphatic carbocycles. The van der Waals surface area contributed by atoms with Gasteiger partial charge in [0, 0.05) is 0 Å². The molecule has 2 aliphatic rings. The van der Waals surface area contributed by atoms with Crippen molar-refractivity contribution in [3.63, 3.8) is 0 Å². The third-order valence-corrected chi connectivity index (χ3v) is 5.97. The number of methoxy groups -OCH3 is 2. The van der Waals surface area contributed by atoms with Crippen molar-refractivity contribution in [1.82, 2.24) is 4.90 Å². The van der Waals surface area contributed by atoms with E-state index in [1.54, 1.807) is 6.92 Å². The number of rotatable bonds is 5. The minimum Gasteiger partial charge on any atom is -0.469 e. The SMILES string of the molecule is CCOC(=O)[C@@]12CCCCN1[C@H](c1ccccc1)C(C(=O)OC)C2C(=O)OC. The third kappa shape index (κ3) is 3.07. The van der Waals surface area contributed by atoms with E-state index in [2.05, 4.69) is 0 Å². The van der Waals surface area contributed by atoms with E-state index in [1.807, 2.05) is 35.2 Å². The van der Waals surface area contributed by atoms with E-state index in [0.29, 0.717) is 13.0 Å². The molecular weight excluding hydrogens is 362 g/mol. The maximum atomic E-state index is 13.2. The fourth-order valence-corrected chi connectivity index (χ4v) is 4.92. The Labute approximate surface area is 164 Å². The summed E-state index contributed by atoms with van der Waals surface area (Å²) in [5.74, 6) is -3.44. The standard InChI is InChI=1S/C21H27NO6/c1-4-28-20(25)21-12-8-9-13-22(21)17(14-10-6-5-7-11-14)15(18(23)26-2)16(21)19(24)27-3/h5-7,10-11,15-17H,4,8-9,12-13H2,1-3H3/t15?,16?,17-,21+/m1/s1. The number of piperidine rings is 1. The van der Waals surface area contributed by atoms with Crippen molar-refractivity contribution in [2.75, 3.05) is 27.4 Å². The highest BCUT2D eigenvalue weighted by Crippen LogP contribution is 2.55. The van der Waals surface area contributed by atoms with E-state index in [1.165, 1.54) is 14.2 Å². The highest BCUT2D eigenvalue weighted by atomic mass is 16.5. The Morgan fingerprint density at radius 2 is 1.75 bits per heavy atom. The van der Waals surface area contributed by atoms with Crippen LogP contribution >= 0.6 is 0 Å². The summed E-state index contributed by atoms with van der Waals surface area (Å²) in [6, 6.07) is 8.99. The number of nitrogens with zero attached hydrogens (tertiary/aromatic N) is 1. The fourth-order valence-electron chi connectivity index (χ4n) is 4.92. The minimum absolute atomic E-state index is 0.196. The molecule has 2 aliphatic heterocycles. The zero-order valence-electron chi connectivity index (χ0n) is 16.6. The van der Waals surface area contributed by atoms with Crippen molar-refractivity contribution >= 4 is 17.9 Å². The second kappa shape index (κ2) is 8.31. The molecule has 1 aromatic carbocycles. The summed E-state index contributed by atoms with van der Waals surface area (Å²) in [7, 11) is 2.58. The van der Waals surface area contributed by atoms with Crippen molar-refractivity contribution < 1.29 is 28.6 Å². The van der Waals surface area contributed by atoms with Crippen LogP contribution in [0.1, 0.15) is 37.8 Å². The zero-order chi connectivity index (χ0) is 20.3. The van der Waals surface area contributed by atoms with Gasteiger partial charge in [-0.1, -0.05) is 30.3 Å². The molecule has 0 spiro atoms. The molecule has 0 radical (unpaired) electrons. The lowest BCUT2D eigenvalue weighted by Gasteiger charge is -2.44. The number of carbonyl (C=O) groups is 3. The lowest BCUT2D eigenvalue weighted by molar-refractivity contribution is -0.171. The molecular formula is C21H27NO6. The average Bonchev–Trinajstić information content (AvgIpc) is 3.05. The highest BCUT2D eigenvalue weighted by Gasteiger charge is 2.69. The summed E-state index contributed by atoms with van der Waals surface area (Å²) < 4.78 is 15.6. The predicted octanol–water partition coefficient (Wildman–Crippen LogP) is 2.11. The minimum atomic E-state index is -1.24. The molecule has 0 saturated carbocycles. The molecule has 0 amide bonds. The van der Waals surface area contributed by atoms with Crippen LogP contribution in [0.2, 0.25) is 0 Å². The first-order valence-electron chi connectivity index (χ1n) is 9.67. The van der Waals surface area contributed by atoms with E-state index in [-0.39, 0.29) is 6.61 Å². The largest absolute Gasteiger partial charge is 0.469 e. The number of benzene rings is 1. The number of hydrogen-bond acceptors (Lipinski definition) is 7. The fraction of sp³-hybridized carbons (Fsp3) is 0.571. The van der Waals surface area contributed by atoms with Crippen LogP contribution in [0.4, 0.5) is 0 Å². The Balaban J connectivity index is 2.23. The monoisotopic (exact) mass is 389 g/mol. The van der Waals surface area contributed by atoms with Gasteiger partial charge in [-0.3, -0.25) is 19.3 Å². The second-order valence-corrected chi connectivity index (χ2v) is 7.20. The van der Waals surface area contributed by atoms with Crippen LogP contribution < -0.4 is 0 Å². The van der Waals surface area contributed by atoms with Crippen molar-refractivity contribution in [2.45, 2.75) is 37.8 Å². The maximum Gasteiger partial charge on any atom is 0.327 e. The van der Waals surface area contributed by atoms with Gasteiger partial charge in [0.1, 0.15) is 11.5 Å². The van der Waals surface area contributed by atoms with Gasteiger partial charge < -0.3 is 14.2 Å². The molecule has 4 atom stereocenters. The smallest absolute Gasteiger partial charge is 0.327 e. The summed E-state index contributed by atoms with van der Waals surface area (Å²) in [4.78, 5) is 41.0. The molecule has 2 fully saturated rings. The summed E-state index contributed by atoms with van der Waals surface area (Å²) >= 11 is 0. The molecule has 152 valence electrons. The molecule has 2 heterocycles. The van der Waals surface area contributed by atoms with Gasteiger partial charge in [-0.05, 0) is 38.3 Å². The first-order chi connectivity index (χ1) is 13.5. The summed E-state index contributed by atoms with van der Waals surface area (Å²) in [5.41, 5.74) is -0.374. The Morgan fingerprint density at radius 3 is 2.36 bits per heavy atom. The Hall–Kier alpha value is -2.41. The molecule has 28 heavy (non-hydrogen) atoms. The average molecular weight is 389 g/mol. The summed E-state index contributed by atoms with van der Waals surface area (Å²) in [6.07, 6.45) is 2.06. The van der Waals surface area contributed by atoms with Crippen LogP contribution in [0.3, 0.4) is 0 Å². The quantitative estimate of drug-likeness (QED) is 0.563. The van der Waals surface area contributed by atoms with Gasteiger partial charge in [0.05, 0.1) is 32.8 Å². The molecule has 2 unspecified atom stereocenters. The van der Waals surface area contributed by atoms with E-state index in [0.717, 1.165) is 18.4 Å². The van der Waals surface area contributed by atoms with Crippen molar-refractivity contribution in [2.24, 2.45) is 11.8 Å². The number of esters is 3. The van der Waals surface area contributed by atoms with Crippen molar-refractivity contribution in [1.29, 1.82) is 0 Å². The predicted molar refractivity (Wildman–Crippen MR) is 100 cm³/mol. The van der Waals surface area contributed by atoms with Crippen LogP contribution in [0.15, 0.2) is 30.3 Å². The van der Waals surface area contributed by atoms with Gasteiger partial charge in [-0.15, -0.1) is 0 Å².